The molecule has 0 radical (unpaired) electrons. The quantitative estimate of drug-likeness (QED) is 0.440. The molecule has 2 aromatic carbocycles. The number of methoxy groups -OCH3 is 1. The van der Waals surface area contributed by atoms with Crippen molar-refractivity contribution >= 4 is 16.9 Å². The molecular weight excluding hydrogens is 395 g/mol. The molecule has 0 aliphatic heterocycles. The largest absolute Gasteiger partial charge is 0.465 e. The van der Waals surface area contributed by atoms with E-state index in [1.54, 1.807) is 35.2 Å². The average molecular weight is 411 g/mol. The molecular formula is C22H16F3N3O2. The molecule has 4 rings (SSSR count). The van der Waals surface area contributed by atoms with Crippen molar-refractivity contribution in [2.75, 3.05) is 7.11 Å². The number of nitrogens with zero attached hydrogens (tertiary/aromatic N) is 3. The minimum atomic E-state index is -4.41. The third-order valence-corrected chi connectivity index (χ3v) is 4.72. The number of benzene rings is 2. The zero-order valence-electron chi connectivity index (χ0n) is 16.1. The second-order valence-electron chi connectivity index (χ2n) is 6.78. The highest BCUT2D eigenvalue weighted by Gasteiger charge is 2.30. The zero-order valence-corrected chi connectivity index (χ0v) is 16.1. The van der Waals surface area contributed by atoms with Gasteiger partial charge in [-0.15, -0.1) is 0 Å². The first-order valence-electron chi connectivity index (χ1n) is 8.95. The molecule has 152 valence electrons. The van der Waals surface area contributed by atoms with Gasteiger partial charge >= 0.3 is 12.1 Å². The molecule has 2 heterocycles. The Morgan fingerprint density at radius 2 is 1.77 bits per heavy atom. The standard InChI is InChI=1S/C22H16F3N3O2/c1-28-11-20(26-12-28)17-10-18(13-3-6-15(7-4-13)22(23,24)25)27-19-9-14(21(29)30-2)5-8-16(17)19/h3-12H,1-2H3. The Kier molecular flexibility index (Phi) is 4.77. The smallest absolute Gasteiger partial charge is 0.416 e. The number of hydrogen-bond acceptors (Lipinski definition) is 4. The summed E-state index contributed by atoms with van der Waals surface area (Å²) in [6.45, 7) is 0. The number of aryl methyl sites for hydroxylation is 1. The van der Waals surface area contributed by atoms with E-state index in [1.807, 2.05) is 13.2 Å². The third-order valence-electron chi connectivity index (χ3n) is 4.72. The Bertz CT molecular complexity index is 1240. The number of fused-ring (bicyclic) bond motifs is 1. The van der Waals surface area contributed by atoms with Gasteiger partial charge in [0.15, 0.2) is 0 Å². The van der Waals surface area contributed by atoms with Crippen LogP contribution in [0.15, 0.2) is 61.1 Å². The lowest BCUT2D eigenvalue weighted by molar-refractivity contribution is -0.137. The highest BCUT2D eigenvalue weighted by Crippen LogP contribution is 2.34. The van der Waals surface area contributed by atoms with Crippen LogP contribution in [-0.2, 0) is 18.0 Å². The van der Waals surface area contributed by atoms with Gasteiger partial charge in [0.05, 0.1) is 41.5 Å². The second kappa shape index (κ2) is 7.29. The van der Waals surface area contributed by atoms with Crippen LogP contribution in [0.25, 0.3) is 33.4 Å². The van der Waals surface area contributed by atoms with Crippen LogP contribution in [0, 0.1) is 0 Å². The van der Waals surface area contributed by atoms with E-state index in [0.29, 0.717) is 28.0 Å². The fraction of sp³-hybridized carbons (Fsp3) is 0.136. The van der Waals surface area contributed by atoms with Crippen molar-refractivity contribution in [3.8, 4) is 22.5 Å². The van der Waals surface area contributed by atoms with Gasteiger partial charge in [0, 0.05) is 29.8 Å². The van der Waals surface area contributed by atoms with E-state index >= 15 is 0 Å². The van der Waals surface area contributed by atoms with Gasteiger partial charge < -0.3 is 9.30 Å². The molecule has 0 spiro atoms. The SMILES string of the molecule is COC(=O)c1ccc2c(-c3cn(C)cn3)cc(-c3ccc(C(F)(F)F)cc3)nc2c1. The molecule has 0 saturated carbocycles. The number of hydrogen-bond donors (Lipinski definition) is 0. The fourth-order valence-electron chi connectivity index (χ4n) is 3.21. The van der Waals surface area contributed by atoms with Gasteiger partial charge in [-0.2, -0.15) is 13.2 Å². The zero-order chi connectivity index (χ0) is 21.5. The molecule has 5 nitrogen and oxygen atoms in total. The van der Waals surface area contributed by atoms with Crippen LogP contribution in [-0.4, -0.2) is 27.6 Å². The number of carbonyl (C=O) groups is 1. The summed E-state index contributed by atoms with van der Waals surface area (Å²) in [4.78, 5) is 20.9. The van der Waals surface area contributed by atoms with E-state index in [0.717, 1.165) is 23.1 Å². The van der Waals surface area contributed by atoms with Crippen LogP contribution in [0.4, 0.5) is 13.2 Å². The lowest BCUT2D eigenvalue weighted by Gasteiger charge is -2.11. The molecule has 0 atom stereocenters. The number of pyridine rings is 1. The summed E-state index contributed by atoms with van der Waals surface area (Å²) in [6, 6.07) is 11.6. The van der Waals surface area contributed by atoms with Crippen molar-refractivity contribution in [2.45, 2.75) is 6.18 Å². The van der Waals surface area contributed by atoms with Gasteiger partial charge in [0.2, 0.25) is 0 Å². The topological polar surface area (TPSA) is 57.0 Å². The molecule has 2 aromatic heterocycles. The van der Waals surface area contributed by atoms with Crippen molar-refractivity contribution in [1.82, 2.24) is 14.5 Å². The van der Waals surface area contributed by atoms with Gasteiger partial charge in [-0.05, 0) is 30.3 Å². The lowest BCUT2D eigenvalue weighted by atomic mass is 10.0. The van der Waals surface area contributed by atoms with Crippen molar-refractivity contribution in [1.29, 1.82) is 0 Å². The Morgan fingerprint density at radius 3 is 2.37 bits per heavy atom. The van der Waals surface area contributed by atoms with Gasteiger partial charge in [0.25, 0.3) is 0 Å². The Labute approximate surface area is 169 Å². The summed E-state index contributed by atoms with van der Waals surface area (Å²) < 4.78 is 45.3. The van der Waals surface area contributed by atoms with Crippen molar-refractivity contribution < 1.29 is 22.7 Å². The minimum Gasteiger partial charge on any atom is -0.465 e. The molecule has 0 fully saturated rings. The Hall–Kier alpha value is -3.68. The summed E-state index contributed by atoms with van der Waals surface area (Å²) in [7, 11) is 3.13. The molecule has 0 saturated heterocycles. The second-order valence-corrected chi connectivity index (χ2v) is 6.78. The summed E-state index contributed by atoms with van der Waals surface area (Å²) >= 11 is 0. The highest BCUT2D eigenvalue weighted by molar-refractivity contribution is 6.00. The fourth-order valence-corrected chi connectivity index (χ4v) is 3.21. The first-order chi connectivity index (χ1) is 14.3. The third kappa shape index (κ3) is 3.63. The van der Waals surface area contributed by atoms with E-state index in [9.17, 15) is 18.0 Å². The summed E-state index contributed by atoms with van der Waals surface area (Å²) in [5, 5.41) is 0.761. The molecule has 0 aliphatic carbocycles. The number of imidazole rings is 1. The predicted octanol–water partition coefficient (Wildman–Crippen LogP) is 5.11. The average Bonchev–Trinajstić information content (AvgIpc) is 3.17. The number of rotatable bonds is 3. The van der Waals surface area contributed by atoms with Crippen molar-refractivity contribution in [3.05, 3.63) is 72.2 Å². The van der Waals surface area contributed by atoms with E-state index < -0.39 is 17.7 Å². The molecule has 0 amide bonds. The molecule has 0 N–H and O–H groups in total. The maximum absolute atomic E-state index is 12.9. The molecule has 30 heavy (non-hydrogen) atoms. The van der Waals surface area contributed by atoms with Crippen molar-refractivity contribution in [2.24, 2.45) is 7.05 Å². The molecule has 0 unspecified atom stereocenters. The van der Waals surface area contributed by atoms with E-state index in [-0.39, 0.29) is 0 Å². The number of ether oxygens (including phenoxy) is 1. The van der Waals surface area contributed by atoms with Crippen LogP contribution >= 0.6 is 0 Å². The van der Waals surface area contributed by atoms with Crippen LogP contribution in [0.2, 0.25) is 0 Å². The Balaban J connectivity index is 1.92. The van der Waals surface area contributed by atoms with Crippen molar-refractivity contribution in [3.63, 3.8) is 0 Å². The first kappa shape index (κ1) is 19.6. The molecule has 0 aliphatic rings. The first-order valence-corrected chi connectivity index (χ1v) is 8.95. The molecule has 0 bridgehead atoms. The monoisotopic (exact) mass is 411 g/mol. The summed E-state index contributed by atoms with van der Waals surface area (Å²) in [5.74, 6) is -0.502. The maximum atomic E-state index is 12.9. The summed E-state index contributed by atoms with van der Waals surface area (Å²) in [6.07, 6.45) is -0.925. The Morgan fingerprint density at radius 1 is 1.03 bits per heavy atom. The van der Waals surface area contributed by atoms with E-state index in [4.69, 9.17) is 4.74 Å². The normalized spacial score (nSPS) is 11.6. The number of halogens is 3. The predicted molar refractivity (Wildman–Crippen MR) is 106 cm³/mol. The highest BCUT2D eigenvalue weighted by atomic mass is 19.4. The van der Waals surface area contributed by atoms with Crippen LogP contribution < -0.4 is 0 Å². The number of esters is 1. The van der Waals surface area contributed by atoms with E-state index in [2.05, 4.69) is 9.97 Å². The van der Waals surface area contributed by atoms with Gasteiger partial charge in [-0.3, -0.25) is 0 Å². The van der Waals surface area contributed by atoms with Crippen LogP contribution in [0.3, 0.4) is 0 Å². The summed E-state index contributed by atoms with van der Waals surface area (Å²) in [5.41, 5.74) is 2.54. The number of aromatic nitrogens is 3. The number of carbonyl (C=O) groups excluding carboxylic acids is 1. The maximum Gasteiger partial charge on any atom is 0.416 e. The van der Waals surface area contributed by atoms with E-state index in [1.165, 1.54) is 19.2 Å². The van der Waals surface area contributed by atoms with Gasteiger partial charge in [-0.1, -0.05) is 18.2 Å². The lowest BCUT2D eigenvalue weighted by Crippen LogP contribution is -2.04. The molecule has 8 heteroatoms. The number of alkyl halides is 3. The van der Waals surface area contributed by atoms with Crippen LogP contribution in [0.5, 0.6) is 0 Å². The van der Waals surface area contributed by atoms with Gasteiger partial charge in [0.1, 0.15) is 0 Å². The van der Waals surface area contributed by atoms with Crippen LogP contribution in [0.1, 0.15) is 15.9 Å². The van der Waals surface area contributed by atoms with Gasteiger partial charge in [-0.25, -0.2) is 14.8 Å². The minimum absolute atomic E-state index is 0.328. The molecule has 4 aromatic rings.